The van der Waals surface area contributed by atoms with Gasteiger partial charge in [-0.2, -0.15) is 10.0 Å². The maximum Gasteiger partial charge on any atom is 0.286 e. The van der Waals surface area contributed by atoms with E-state index in [-0.39, 0.29) is 5.71 Å². The van der Waals surface area contributed by atoms with Crippen LogP contribution in [0.25, 0.3) is 0 Å². The Morgan fingerprint density at radius 1 is 1.38 bits per heavy atom. The molecular formula is C9H15N3O. The highest BCUT2D eigenvalue weighted by molar-refractivity contribution is 6.02. The molecule has 0 amide bonds. The maximum atomic E-state index is 11.7. The highest BCUT2D eigenvalue weighted by atomic mass is 16.5. The average Bonchev–Trinajstić information content (AvgIpc) is 2.12. The number of nitrogens with zero attached hydrogens (tertiary/aromatic N) is 3. The number of hydroxylamine groups is 1. The summed E-state index contributed by atoms with van der Waals surface area (Å²) in [6.45, 7) is 7.38. The average molecular weight is 181 g/mol. The van der Waals surface area contributed by atoms with Crippen molar-refractivity contribution in [1.29, 1.82) is 5.26 Å². The molecule has 0 aliphatic carbocycles. The molecule has 0 aromatic heterocycles. The standard InChI is InChI=1S/C9H15N3O/c1-8(2)7(6-10)12(13)9(3,4)11(8)5/h1-5H3. The van der Waals surface area contributed by atoms with E-state index in [9.17, 15) is 5.21 Å². The van der Waals surface area contributed by atoms with Gasteiger partial charge in [-0.1, -0.05) is 0 Å². The minimum atomic E-state index is -0.630. The number of hydrogen-bond acceptors (Lipinski definition) is 3. The van der Waals surface area contributed by atoms with Crippen molar-refractivity contribution in [3.05, 3.63) is 5.21 Å². The zero-order valence-corrected chi connectivity index (χ0v) is 8.75. The highest BCUT2D eigenvalue weighted by Crippen LogP contribution is 2.31. The van der Waals surface area contributed by atoms with Crippen LogP contribution in [-0.2, 0) is 0 Å². The van der Waals surface area contributed by atoms with Gasteiger partial charge in [0.25, 0.3) is 5.71 Å². The lowest BCUT2D eigenvalue weighted by molar-refractivity contribution is -0.555. The minimum absolute atomic E-state index is 0.278. The Morgan fingerprint density at radius 3 is 2.00 bits per heavy atom. The van der Waals surface area contributed by atoms with Crippen molar-refractivity contribution in [3.8, 4) is 6.07 Å². The Kier molecular flexibility index (Phi) is 1.89. The predicted octanol–water partition coefficient (Wildman–Crippen LogP) is 0.921. The Morgan fingerprint density at radius 2 is 1.85 bits per heavy atom. The van der Waals surface area contributed by atoms with Gasteiger partial charge in [0.15, 0.2) is 6.07 Å². The molecule has 72 valence electrons. The van der Waals surface area contributed by atoms with Gasteiger partial charge in [0.05, 0.1) is 0 Å². The third kappa shape index (κ3) is 1.04. The third-order valence-corrected chi connectivity index (χ3v) is 3.04. The van der Waals surface area contributed by atoms with Gasteiger partial charge < -0.3 is 5.21 Å². The summed E-state index contributed by atoms with van der Waals surface area (Å²) in [6.07, 6.45) is 0. The first kappa shape index (κ1) is 10.0. The fraction of sp³-hybridized carbons (Fsp3) is 0.778. The number of nitriles is 1. The second-order valence-electron chi connectivity index (χ2n) is 4.37. The van der Waals surface area contributed by atoms with Crippen LogP contribution in [0.1, 0.15) is 27.7 Å². The second-order valence-corrected chi connectivity index (χ2v) is 4.37. The summed E-state index contributed by atoms with van der Waals surface area (Å²) in [5, 5.41) is 20.6. The first-order valence-electron chi connectivity index (χ1n) is 4.25. The topological polar surface area (TPSA) is 53.1 Å². The van der Waals surface area contributed by atoms with E-state index in [0.29, 0.717) is 0 Å². The van der Waals surface area contributed by atoms with Gasteiger partial charge in [-0.25, -0.2) is 4.90 Å². The van der Waals surface area contributed by atoms with Crippen LogP contribution < -0.4 is 0 Å². The predicted molar refractivity (Wildman–Crippen MR) is 50.2 cm³/mol. The molecular weight excluding hydrogens is 166 g/mol. The van der Waals surface area contributed by atoms with Crippen LogP contribution in [0.2, 0.25) is 0 Å². The molecule has 1 aliphatic rings. The minimum Gasteiger partial charge on any atom is -0.622 e. The van der Waals surface area contributed by atoms with E-state index in [1.807, 2.05) is 45.7 Å². The zero-order chi connectivity index (χ0) is 10.4. The summed E-state index contributed by atoms with van der Waals surface area (Å²) >= 11 is 0. The van der Waals surface area contributed by atoms with Crippen molar-refractivity contribution in [2.24, 2.45) is 0 Å². The van der Waals surface area contributed by atoms with Gasteiger partial charge in [-0.3, -0.25) is 0 Å². The van der Waals surface area contributed by atoms with Gasteiger partial charge in [0, 0.05) is 13.8 Å². The second kappa shape index (κ2) is 2.46. The molecule has 0 fully saturated rings. The molecule has 4 heteroatoms. The van der Waals surface area contributed by atoms with E-state index < -0.39 is 11.2 Å². The molecule has 1 heterocycles. The van der Waals surface area contributed by atoms with E-state index in [4.69, 9.17) is 5.26 Å². The molecule has 0 saturated carbocycles. The van der Waals surface area contributed by atoms with Gasteiger partial charge in [0.1, 0.15) is 5.54 Å². The molecule has 0 radical (unpaired) electrons. The largest absolute Gasteiger partial charge is 0.622 e. The zero-order valence-electron chi connectivity index (χ0n) is 8.75. The lowest BCUT2D eigenvalue weighted by Crippen LogP contribution is -2.50. The Hall–Kier alpha value is -1.08. The van der Waals surface area contributed by atoms with Crippen molar-refractivity contribution in [3.63, 3.8) is 0 Å². The smallest absolute Gasteiger partial charge is 0.286 e. The molecule has 0 bridgehead atoms. The van der Waals surface area contributed by atoms with Crippen LogP contribution in [0, 0.1) is 16.5 Å². The summed E-state index contributed by atoms with van der Waals surface area (Å²) in [5.41, 5.74) is -0.825. The number of rotatable bonds is 0. The normalized spacial score (nSPS) is 26.2. The molecule has 13 heavy (non-hydrogen) atoms. The van der Waals surface area contributed by atoms with Crippen LogP contribution in [0.3, 0.4) is 0 Å². The van der Waals surface area contributed by atoms with E-state index >= 15 is 0 Å². The monoisotopic (exact) mass is 181 g/mol. The highest BCUT2D eigenvalue weighted by Gasteiger charge is 2.54. The Labute approximate surface area is 78.7 Å². The first-order chi connectivity index (χ1) is 5.76. The van der Waals surface area contributed by atoms with Gasteiger partial charge in [0.2, 0.25) is 5.66 Å². The van der Waals surface area contributed by atoms with Gasteiger partial charge in [-0.05, 0) is 20.9 Å². The van der Waals surface area contributed by atoms with Crippen molar-refractivity contribution < 1.29 is 4.74 Å². The van der Waals surface area contributed by atoms with Crippen molar-refractivity contribution in [1.82, 2.24) is 4.90 Å². The molecule has 0 spiro atoms. The van der Waals surface area contributed by atoms with Gasteiger partial charge in [-0.15, -0.1) is 0 Å². The molecule has 0 atom stereocenters. The summed E-state index contributed by atoms with van der Waals surface area (Å²) < 4.78 is 0.799. The van der Waals surface area contributed by atoms with Crippen LogP contribution in [0.4, 0.5) is 0 Å². The summed E-state index contributed by atoms with van der Waals surface area (Å²) in [7, 11) is 1.86. The summed E-state index contributed by atoms with van der Waals surface area (Å²) in [4.78, 5) is 1.91. The fourth-order valence-electron chi connectivity index (χ4n) is 1.68. The lowest BCUT2D eigenvalue weighted by atomic mass is 9.98. The van der Waals surface area contributed by atoms with Crippen molar-refractivity contribution >= 4 is 5.71 Å². The Bertz CT molecular complexity index is 309. The molecule has 0 unspecified atom stereocenters. The molecule has 0 N–H and O–H groups in total. The first-order valence-corrected chi connectivity index (χ1v) is 4.25. The van der Waals surface area contributed by atoms with Crippen molar-refractivity contribution in [2.45, 2.75) is 38.9 Å². The summed E-state index contributed by atoms with van der Waals surface area (Å²) in [5.74, 6) is 0. The SMILES string of the molecule is CN1C(C)(C)C(C#N)=[N+]([O-])C1(C)C. The molecule has 0 aromatic carbocycles. The lowest BCUT2D eigenvalue weighted by Gasteiger charge is -2.31. The van der Waals surface area contributed by atoms with Crippen molar-refractivity contribution in [2.75, 3.05) is 7.05 Å². The van der Waals surface area contributed by atoms with E-state index in [1.54, 1.807) is 0 Å². The van der Waals surface area contributed by atoms with Crippen LogP contribution >= 0.6 is 0 Å². The molecule has 4 nitrogen and oxygen atoms in total. The van der Waals surface area contributed by atoms with Crippen LogP contribution in [0.5, 0.6) is 0 Å². The molecule has 0 saturated heterocycles. The van der Waals surface area contributed by atoms with E-state index in [0.717, 1.165) is 4.74 Å². The van der Waals surface area contributed by atoms with Crippen LogP contribution in [0.15, 0.2) is 0 Å². The van der Waals surface area contributed by atoms with Gasteiger partial charge >= 0.3 is 0 Å². The molecule has 0 aromatic rings. The van der Waals surface area contributed by atoms with E-state index in [2.05, 4.69) is 0 Å². The molecule has 1 rings (SSSR count). The summed E-state index contributed by atoms with van der Waals surface area (Å²) in [6, 6.07) is 1.98. The fourth-order valence-corrected chi connectivity index (χ4v) is 1.68. The third-order valence-electron chi connectivity index (χ3n) is 3.04. The Balaban J connectivity index is 3.34. The molecule has 1 aliphatic heterocycles. The maximum absolute atomic E-state index is 11.7. The number of hydrogen-bond donors (Lipinski definition) is 0. The quantitative estimate of drug-likeness (QED) is 0.412. The van der Waals surface area contributed by atoms with Crippen LogP contribution in [-0.4, -0.2) is 33.6 Å². The van der Waals surface area contributed by atoms with E-state index in [1.165, 1.54) is 0 Å².